The first-order chi connectivity index (χ1) is 9.77. The molecule has 6 nitrogen and oxygen atoms in total. The smallest absolute Gasteiger partial charge is 0.232 e. The van der Waals surface area contributed by atoms with E-state index in [4.69, 9.17) is 10.2 Å². The SMILES string of the molecule is Cc1ccc(-c2nc(CS(=O)(=O)CC(N)=O)co2)c(C)c1. The minimum absolute atomic E-state index is 0.256. The number of hydrogen-bond donors (Lipinski definition) is 1. The zero-order valence-corrected chi connectivity index (χ0v) is 12.6. The molecule has 1 aromatic heterocycles. The second-order valence-electron chi connectivity index (χ2n) is 4.96. The molecule has 1 amide bonds. The van der Waals surface area contributed by atoms with Crippen LogP contribution in [0.2, 0.25) is 0 Å². The highest BCUT2D eigenvalue weighted by Crippen LogP contribution is 2.24. The van der Waals surface area contributed by atoms with Crippen LogP contribution in [0, 0.1) is 13.8 Å². The Labute approximate surface area is 122 Å². The van der Waals surface area contributed by atoms with Crippen LogP contribution >= 0.6 is 0 Å². The van der Waals surface area contributed by atoms with E-state index in [-0.39, 0.29) is 11.4 Å². The number of carbonyl (C=O) groups excluding carboxylic acids is 1. The number of primary amides is 1. The van der Waals surface area contributed by atoms with Gasteiger partial charge < -0.3 is 10.2 Å². The van der Waals surface area contributed by atoms with Gasteiger partial charge >= 0.3 is 0 Å². The quantitative estimate of drug-likeness (QED) is 0.898. The zero-order chi connectivity index (χ0) is 15.6. The Hall–Kier alpha value is -2.15. The average Bonchev–Trinajstić information content (AvgIpc) is 2.74. The average molecular weight is 308 g/mol. The number of oxazole rings is 1. The van der Waals surface area contributed by atoms with Gasteiger partial charge in [-0.3, -0.25) is 4.79 Å². The van der Waals surface area contributed by atoms with Crippen LogP contribution in [0.25, 0.3) is 11.5 Å². The Balaban J connectivity index is 2.24. The monoisotopic (exact) mass is 308 g/mol. The summed E-state index contributed by atoms with van der Waals surface area (Å²) < 4.78 is 28.7. The molecule has 0 atom stereocenters. The van der Waals surface area contributed by atoms with Crippen molar-refractivity contribution in [2.75, 3.05) is 5.75 Å². The highest BCUT2D eigenvalue weighted by molar-refractivity contribution is 7.91. The lowest BCUT2D eigenvalue weighted by molar-refractivity contribution is -0.115. The fraction of sp³-hybridized carbons (Fsp3) is 0.286. The summed E-state index contributed by atoms with van der Waals surface area (Å²) in [6.07, 6.45) is 1.28. The second kappa shape index (κ2) is 5.69. The molecule has 21 heavy (non-hydrogen) atoms. The van der Waals surface area contributed by atoms with Gasteiger partial charge in [-0.25, -0.2) is 13.4 Å². The molecule has 0 fully saturated rings. The van der Waals surface area contributed by atoms with Gasteiger partial charge in [-0.2, -0.15) is 0 Å². The second-order valence-corrected chi connectivity index (χ2v) is 7.03. The van der Waals surface area contributed by atoms with Crippen LogP contribution in [0.15, 0.2) is 28.9 Å². The molecule has 0 bridgehead atoms. The highest BCUT2D eigenvalue weighted by Gasteiger charge is 2.18. The van der Waals surface area contributed by atoms with E-state index in [9.17, 15) is 13.2 Å². The van der Waals surface area contributed by atoms with Gasteiger partial charge in [-0.1, -0.05) is 17.7 Å². The minimum atomic E-state index is -3.62. The lowest BCUT2D eigenvalue weighted by atomic mass is 10.1. The zero-order valence-electron chi connectivity index (χ0n) is 11.8. The Morgan fingerprint density at radius 3 is 2.67 bits per heavy atom. The Morgan fingerprint density at radius 1 is 1.33 bits per heavy atom. The largest absolute Gasteiger partial charge is 0.444 e. The Bertz CT molecular complexity index is 778. The normalized spacial score (nSPS) is 11.5. The molecule has 0 aliphatic heterocycles. The van der Waals surface area contributed by atoms with Crippen LogP contribution in [-0.2, 0) is 20.4 Å². The Morgan fingerprint density at radius 2 is 2.05 bits per heavy atom. The van der Waals surface area contributed by atoms with Crippen LogP contribution in [0.4, 0.5) is 0 Å². The van der Waals surface area contributed by atoms with Crippen LogP contribution in [-0.4, -0.2) is 25.1 Å². The molecule has 0 saturated heterocycles. The third kappa shape index (κ3) is 3.91. The number of carbonyl (C=O) groups is 1. The van der Waals surface area contributed by atoms with Gasteiger partial charge in [-0.15, -0.1) is 0 Å². The van der Waals surface area contributed by atoms with Crippen LogP contribution < -0.4 is 5.73 Å². The topological polar surface area (TPSA) is 103 Å². The number of aromatic nitrogens is 1. The van der Waals surface area contributed by atoms with Crippen LogP contribution in [0.3, 0.4) is 0 Å². The van der Waals surface area contributed by atoms with Crippen molar-refractivity contribution in [1.82, 2.24) is 4.98 Å². The Kier molecular flexibility index (Phi) is 4.13. The third-order valence-electron chi connectivity index (χ3n) is 2.89. The van der Waals surface area contributed by atoms with Crippen molar-refractivity contribution >= 4 is 15.7 Å². The number of amides is 1. The fourth-order valence-corrected chi connectivity index (χ4v) is 3.16. The number of hydrogen-bond acceptors (Lipinski definition) is 5. The molecule has 1 heterocycles. The van der Waals surface area contributed by atoms with Crippen molar-refractivity contribution in [1.29, 1.82) is 0 Å². The van der Waals surface area contributed by atoms with E-state index in [0.717, 1.165) is 16.7 Å². The molecule has 0 aliphatic carbocycles. The van der Waals surface area contributed by atoms with E-state index in [0.29, 0.717) is 5.89 Å². The number of sulfone groups is 1. The molecule has 2 aromatic rings. The van der Waals surface area contributed by atoms with Crippen molar-refractivity contribution in [3.05, 3.63) is 41.3 Å². The van der Waals surface area contributed by atoms with E-state index < -0.39 is 21.5 Å². The van der Waals surface area contributed by atoms with Crippen molar-refractivity contribution in [2.45, 2.75) is 19.6 Å². The number of aryl methyl sites for hydroxylation is 2. The molecular formula is C14H16N2O4S. The molecule has 7 heteroatoms. The van der Waals surface area contributed by atoms with Crippen molar-refractivity contribution in [3.8, 4) is 11.5 Å². The standard InChI is InChI=1S/C14H16N2O4S/c1-9-3-4-12(10(2)5-9)14-16-11(6-20-14)7-21(18,19)8-13(15)17/h3-6H,7-8H2,1-2H3,(H2,15,17). The van der Waals surface area contributed by atoms with Crippen molar-refractivity contribution in [3.63, 3.8) is 0 Å². The van der Waals surface area contributed by atoms with E-state index in [1.165, 1.54) is 6.26 Å². The molecule has 2 rings (SSSR count). The summed E-state index contributed by atoms with van der Waals surface area (Å²) in [5.74, 6) is -1.59. The predicted octanol–water partition coefficient (Wildman–Crippen LogP) is 1.36. The first-order valence-corrected chi connectivity index (χ1v) is 8.10. The summed E-state index contributed by atoms with van der Waals surface area (Å²) in [4.78, 5) is 14.9. The van der Waals surface area contributed by atoms with Gasteiger partial charge in [0.25, 0.3) is 0 Å². The number of nitrogens with zero attached hydrogens (tertiary/aromatic N) is 1. The number of benzene rings is 1. The molecule has 0 aliphatic rings. The first kappa shape index (κ1) is 15.2. The maximum atomic E-state index is 11.7. The van der Waals surface area contributed by atoms with Gasteiger partial charge in [0.15, 0.2) is 9.84 Å². The van der Waals surface area contributed by atoms with Crippen molar-refractivity contribution in [2.24, 2.45) is 5.73 Å². The van der Waals surface area contributed by atoms with Crippen molar-refractivity contribution < 1.29 is 17.6 Å². The molecule has 0 saturated carbocycles. The van der Waals surface area contributed by atoms with Gasteiger partial charge in [0, 0.05) is 5.56 Å². The summed E-state index contributed by atoms with van der Waals surface area (Å²) in [7, 11) is -3.62. The van der Waals surface area contributed by atoms with E-state index in [1.54, 1.807) is 0 Å². The van der Waals surface area contributed by atoms with E-state index >= 15 is 0 Å². The number of rotatable bonds is 5. The molecule has 2 N–H and O–H groups in total. The van der Waals surface area contributed by atoms with Gasteiger partial charge in [0.2, 0.25) is 11.8 Å². The summed E-state index contributed by atoms with van der Waals surface area (Å²) in [5.41, 5.74) is 8.07. The summed E-state index contributed by atoms with van der Waals surface area (Å²) >= 11 is 0. The predicted molar refractivity (Wildman–Crippen MR) is 78.1 cm³/mol. The van der Waals surface area contributed by atoms with Gasteiger partial charge in [0.05, 0.1) is 11.4 Å². The van der Waals surface area contributed by atoms with Crippen LogP contribution in [0.5, 0.6) is 0 Å². The summed E-state index contributed by atoms with van der Waals surface area (Å²) in [6.45, 7) is 3.91. The lowest BCUT2D eigenvalue weighted by Gasteiger charge is -2.02. The maximum Gasteiger partial charge on any atom is 0.232 e. The first-order valence-electron chi connectivity index (χ1n) is 6.27. The molecule has 1 aromatic carbocycles. The molecule has 0 spiro atoms. The fourth-order valence-electron chi connectivity index (χ4n) is 2.04. The number of nitrogens with two attached hydrogens (primary N) is 1. The molecular weight excluding hydrogens is 292 g/mol. The van der Waals surface area contributed by atoms with Gasteiger partial charge in [0.1, 0.15) is 12.0 Å². The minimum Gasteiger partial charge on any atom is -0.444 e. The molecule has 0 unspecified atom stereocenters. The summed E-state index contributed by atoms with van der Waals surface area (Å²) in [5, 5.41) is 0. The third-order valence-corrected chi connectivity index (χ3v) is 4.35. The van der Waals surface area contributed by atoms with Gasteiger partial charge in [-0.05, 0) is 25.5 Å². The molecule has 0 radical (unpaired) electrons. The molecule has 112 valence electrons. The van der Waals surface area contributed by atoms with E-state index in [1.807, 2.05) is 32.0 Å². The lowest BCUT2D eigenvalue weighted by Crippen LogP contribution is -2.24. The highest BCUT2D eigenvalue weighted by atomic mass is 32.2. The van der Waals surface area contributed by atoms with Crippen LogP contribution in [0.1, 0.15) is 16.8 Å². The summed E-state index contributed by atoms with van der Waals surface area (Å²) in [6, 6.07) is 5.79. The maximum absolute atomic E-state index is 11.7. The van der Waals surface area contributed by atoms with E-state index in [2.05, 4.69) is 4.98 Å².